The second-order valence-electron chi connectivity index (χ2n) is 7.76. The number of benzene rings is 3. The first-order valence-corrected chi connectivity index (χ1v) is 10.4. The molecule has 0 saturated heterocycles. The third-order valence-electron chi connectivity index (χ3n) is 5.84. The first-order valence-electron chi connectivity index (χ1n) is 10.4. The predicted molar refractivity (Wildman–Crippen MR) is 128 cm³/mol. The highest BCUT2D eigenvalue weighted by Gasteiger charge is 2.16. The lowest BCUT2D eigenvalue weighted by Gasteiger charge is -2.07. The molecule has 32 heavy (non-hydrogen) atoms. The van der Waals surface area contributed by atoms with Gasteiger partial charge in [-0.1, -0.05) is 36.4 Å². The van der Waals surface area contributed by atoms with E-state index in [0.717, 1.165) is 44.9 Å². The van der Waals surface area contributed by atoms with Crippen molar-refractivity contribution in [1.82, 2.24) is 14.5 Å². The summed E-state index contributed by atoms with van der Waals surface area (Å²) < 4.78 is 2.11. The fourth-order valence-electron chi connectivity index (χ4n) is 4.37. The molecule has 5 nitrogen and oxygen atoms in total. The van der Waals surface area contributed by atoms with Crippen LogP contribution in [-0.2, 0) is 0 Å². The molecule has 6 aromatic rings. The summed E-state index contributed by atoms with van der Waals surface area (Å²) in [5.74, 6) is 0.224. The van der Waals surface area contributed by atoms with E-state index in [9.17, 15) is 9.90 Å². The molecule has 0 unspecified atom stereocenters. The summed E-state index contributed by atoms with van der Waals surface area (Å²) in [6.07, 6.45) is 0. The molecule has 0 aliphatic rings. The van der Waals surface area contributed by atoms with Crippen molar-refractivity contribution >= 4 is 21.9 Å². The maximum absolute atomic E-state index is 12.8. The second kappa shape index (κ2) is 7.03. The Morgan fingerprint density at radius 2 is 1.34 bits per heavy atom. The Labute approximate surface area is 183 Å². The minimum Gasteiger partial charge on any atom is -0.507 e. The number of aromatic nitrogens is 3. The van der Waals surface area contributed by atoms with Crippen LogP contribution in [-0.4, -0.2) is 19.6 Å². The van der Waals surface area contributed by atoms with Gasteiger partial charge in [0.25, 0.3) is 0 Å². The van der Waals surface area contributed by atoms with Crippen molar-refractivity contribution in [1.29, 1.82) is 0 Å². The molecular weight excluding hydrogens is 398 g/mol. The Morgan fingerprint density at radius 3 is 2.19 bits per heavy atom. The van der Waals surface area contributed by atoms with Crippen LogP contribution < -0.4 is 5.43 Å². The van der Waals surface area contributed by atoms with Crippen LogP contribution in [0.4, 0.5) is 0 Å². The number of phenols is 1. The zero-order valence-corrected chi connectivity index (χ0v) is 17.0. The molecule has 154 valence electrons. The molecule has 0 aliphatic heterocycles. The summed E-state index contributed by atoms with van der Waals surface area (Å²) in [5, 5.41) is 10.8. The van der Waals surface area contributed by atoms with E-state index in [2.05, 4.69) is 14.5 Å². The van der Waals surface area contributed by atoms with Crippen LogP contribution in [0.1, 0.15) is 0 Å². The van der Waals surface area contributed by atoms with E-state index in [1.807, 2.05) is 72.8 Å². The number of nitrogens with one attached hydrogen (secondary N) is 2. The first-order chi connectivity index (χ1) is 15.7. The van der Waals surface area contributed by atoms with Gasteiger partial charge < -0.3 is 19.6 Å². The van der Waals surface area contributed by atoms with Crippen molar-refractivity contribution in [3.63, 3.8) is 0 Å². The number of hydrogen-bond acceptors (Lipinski definition) is 2. The molecule has 6 rings (SSSR count). The Bertz CT molecular complexity index is 1660. The molecule has 0 fully saturated rings. The lowest BCUT2D eigenvalue weighted by Crippen LogP contribution is -1.98. The standard InChI is InChI=1S/C27H19N3O2/c31-24-11-5-4-9-18(24)19-13-14-20(28-19)21-15-16-23-27(29-21)26-22(10-6-12-25(26)32)30(23)17-7-2-1-3-8-17/h1-16,28-29,31H. The van der Waals surface area contributed by atoms with Crippen LogP contribution in [0.3, 0.4) is 0 Å². The number of fused-ring (bicyclic) bond motifs is 3. The Morgan fingerprint density at radius 1 is 0.625 bits per heavy atom. The molecule has 5 heteroatoms. The minimum absolute atomic E-state index is 0.0167. The van der Waals surface area contributed by atoms with Crippen molar-refractivity contribution in [2.45, 2.75) is 0 Å². The molecule has 0 atom stereocenters. The highest BCUT2D eigenvalue weighted by Crippen LogP contribution is 2.33. The SMILES string of the molecule is O=c1cccc2c1c1[nH]c(-c3ccc(-c4ccccc4O)[nH]3)ccc1n2-c1ccccc1. The highest BCUT2D eigenvalue weighted by atomic mass is 16.3. The van der Waals surface area contributed by atoms with Crippen molar-refractivity contribution in [3.05, 3.63) is 107 Å². The van der Waals surface area contributed by atoms with Crippen molar-refractivity contribution in [2.24, 2.45) is 0 Å². The lowest BCUT2D eigenvalue weighted by atomic mass is 10.1. The van der Waals surface area contributed by atoms with Crippen LogP contribution in [0.15, 0.2) is 102 Å². The Hall–Kier alpha value is -4.51. The molecule has 3 N–H and O–H groups in total. The smallest absolute Gasteiger partial charge is 0.190 e. The van der Waals surface area contributed by atoms with E-state index >= 15 is 0 Å². The van der Waals surface area contributed by atoms with Gasteiger partial charge in [-0.3, -0.25) is 4.79 Å². The van der Waals surface area contributed by atoms with Gasteiger partial charge in [-0.05, 0) is 60.7 Å². The van der Waals surface area contributed by atoms with Crippen LogP contribution in [0, 0.1) is 0 Å². The average Bonchev–Trinajstić information content (AvgIpc) is 3.43. The zero-order valence-electron chi connectivity index (χ0n) is 17.0. The van der Waals surface area contributed by atoms with E-state index in [0.29, 0.717) is 5.39 Å². The largest absolute Gasteiger partial charge is 0.507 e. The van der Waals surface area contributed by atoms with Crippen LogP contribution in [0.25, 0.3) is 50.3 Å². The third kappa shape index (κ3) is 2.76. The van der Waals surface area contributed by atoms with E-state index in [1.165, 1.54) is 0 Å². The number of rotatable bonds is 3. The van der Waals surface area contributed by atoms with Crippen molar-refractivity contribution in [2.75, 3.05) is 0 Å². The highest BCUT2D eigenvalue weighted by molar-refractivity contribution is 6.07. The molecular formula is C27H19N3O2. The summed E-state index contributed by atoms with van der Waals surface area (Å²) in [7, 11) is 0. The number of aromatic hydroxyl groups is 1. The molecule has 3 aromatic heterocycles. The number of nitrogens with zero attached hydrogens (tertiary/aromatic N) is 1. The van der Waals surface area contributed by atoms with Crippen molar-refractivity contribution < 1.29 is 5.11 Å². The average molecular weight is 417 g/mol. The van der Waals surface area contributed by atoms with E-state index in [-0.39, 0.29) is 11.2 Å². The minimum atomic E-state index is -0.0167. The van der Waals surface area contributed by atoms with Crippen LogP contribution >= 0.6 is 0 Å². The maximum atomic E-state index is 12.8. The van der Waals surface area contributed by atoms with Gasteiger partial charge in [-0.2, -0.15) is 0 Å². The van der Waals surface area contributed by atoms with E-state index < -0.39 is 0 Å². The topological polar surface area (TPSA) is 73.8 Å². The van der Waals surface area contributed by atoms with Crippen LogP contribution in [0.2, 0.25) is 0 Å². The summed E-state index contributed by atoms with van der Waals surface area (Å²) in [6, 6.07) is 30.6. The number of phenolic OH excluding ortho intramolecular Hbond substituents is 1. The second-order valence-corrected chi connectivity index (χ2v) is 7.76. The molecule has 3 heterocycles. The maximum Gasteiger partial charge on any atom is 0.190 e. The van der Waals surface area contributed by atoms with Gasteiger partial charge >= 0.3 is 0 Å². The fourth-order valence-corrected chi connectivity index (χ4v) is 4.37. The third-order valence-corrected chi connectivity index (χ3v) is 5.84. The van der Waals surface area contributed by atoms with Gasteiger partial charge in [-0.15, -0.1) is 0 Å². The lowest BCUT2D eigenvalue weighted by molar-refractivity contribution is 0.477. The number of pyridine rings is 1. The molecule has 0 bridgehead atoms. The van der Waals surface area contributed by atoms with Crippen molar-refractivity contribution in [3.8, 4) is 34.1 Å². The Balaban J connectivity index is 1.57. The van der Waals surface area contributed by atoms with Gasteiger partial charge in [0.05, 0.1) is 33.3 Å². The normalized spacial score (nSPS) is 11.4. The van der Waals surface area contributed by atoms with Gasteiger partial charge in [0.15, 0.2) is 5.43 Å². The molecule has 0 amide bonds. The molecule has 0 spiro atoms. The summed E-state index contributed by atoms with van der Waals surface area (Å²) in [5.41, 5.74) is 6.87. The monoisotopic (exact) mass is 417 g/mol. The zero-order chi connectivity index (χ0) is 21.7. The van der Waals surface area contributed by atoms with E-state index in [4.69, 9.17) is 0 Å². The number of hydrogen-bond donors (Lipinski definition) is 3. The van der Waals surface area contributed by atoms with Gasteiger partial charge in [0, 0.05) is 16.9 Å². The molecule has 0 saturated carbocycles. The molecule has 0 radical (unpaired) electrons. The van der Waals surface area contributed by atoms with E-state index in [1.54, 1.807) is 24.3 Å². The van der Waals surface area contributed by atoms with Gasteiger partial charge in [-0.25, -0.2) is 0 Å². The Kier molecular flexibility index (Phi) is 4.01. The summed E-state index contributed by atoms with van der Waals surface area (Å²) in [6.45, 7) is 0. The fraction of sp³-hybridized carbons (Fsp3) is 0. The van der Waals surface area contributed by atoms with Gasteiger partial charge in [0.2, 0.25) is 0 Å². The van der Waals surface area contributed by atoms with Crippen LogP contribution in [0.5, 0.6) is 5.75 Å². The number of para-hydroxylation sites is 2. The molecule has 0 aliphatic carbocycles. The quantitative estimate of drug-likeness (QED) is 0.338. The summed E-state index contributed by atoms with van der Waals surface area (Å²) in [4.78, 5) is 19.7. The van der Waals surface area contributed by atoms with Gasteiger partial charge in [0.1, 0.15) is 5.75 Å². The number of aromatic amines is 2. The molecule has 3 aromatic carbocycles. The first kappa shape index (κ1) is 18.3. The summed E-state index contributed by atoms with van der Waals surface area (Å²) >= 11 is 0. The number of H-pyrrole nitrogens is 2. The predicted octanol–water partition coefficient (Wildman–Crippen LogP) is 5.84.